The first kappa shape index (κ1) is 25.6. The number of aliphatic hydroxyl groups is 1. The van der Waals surface area contributed by atoms with Crippen LogP contribution >= 0.6 is 27.5 Å². The van der Waals surface area contributed by atoms with E-state index in [0.29, 0.717) is 16.1 Å². The molecular formula is C25H18BrClN2O6S. The Morgan fingerprint density at radius 3 is 2.11 bits per heavy atom. The highest BCUT2D eigenvalue weighted by atomic mass is 79.9. The highest BCUT2D eigenvalue weighted by Crippen LogP contribution is 2.42. The first-order valence-electron chi connectivity index (χ1n) is 10.5. The SMILES string of the molecule is CC(=O)NS(=O)(=O)c1ccc(N2C(=O)C(=O)C(=C(O)c3ccc(Br)cc3)[C@H]2c2ccc(Cl)cc2)cc1. The highest BCUT2D eigenvalue weighted by molar-refractivity contribution is 9.10. The van der Waals surface area contributed by atoms with Crippen LogP contribution in [-0.4, -0.2) is 31.1 Å². The summed E-state index contributed by atoms with van der Waals surface area (Å²) in [5, 5.41) is 11.5. The maximum atomic E-state index is 13.2. The van der Waals surface area contributed by atoms with Gasteiger partial charge in [0.1, 0.15) is 5.76 Å². The second kappa shape index (κ2) is 9.88. The van der Waals surface area contributed by atoms with Crippen molar-refractivity contribution in [1.82, 2.24) is 4.72 Å². The van der Waals surface area contributed by atoms with E-state index in [4.69, 9.17) is 11.6 Å². The molecule has 2 N–H and O–H groups in total. The lowest BCUT2D eigenvalue weighted by Gasteiger charge is -2.25. The average Bonchev–Trinajstić information content (AvgIpc) is 3.09. The van der Waals surface area contributed by atoms with Gasteiger partial charge in [0.05, 0.1) is 16.5 Å². The molecule has 1 saturated heterocycles. The third kappa shape index (κ3) is 4.92. The summed E-state index contributed by atoms with van der Waals surface area (Å²) >= 11 is 9.36. The van der Waals surface area contributed by atoms with E-state index in [2.05, 4.69) is 15.9 Å². The number of nitrogens with zero attached hydrogens (tertiary/aromatic N) is 1. The molecule has 8 nitrogen and oxygen atoms in total. The Hall–Kier alpha value is -3.47. The van der Waals surface area contributed by atoms with Crippen LogP contribution in [0.3, 0.4) is 0 Å². The molecule has 0 aromatic heterocycles. The van der Waals surface area contributed by atoms with Crippen LogP contribution in [0.2, 0.25) is 5.02 Å². The Morgan fingerprint density at radius 2 is 1.56 bits per heavy atom. The quantitative estimate of drug-likeness (QED) is 0.256. The fraction of sp³-hybridized carbons (Fsp3) is 0.0800. The predicted molar refractivity (Wildman–Crippen MR) is 138 cm³/mol. The van der Waals surface area contributed by atoms with Crippen LogP contribution < -0.4 is 9.62 Å². The number of carbonyl (C=O) groups is 3. The van der Waals surface area contributed by atoms with Crippen molar-refractivity contribution in [2.75, 3.05) is 4.90 Å². The number of sulfonamides is 1. The van der Waals surface area contributed by atoms with Gasteiger partial charge in [-0.25, -0.2) is 13.1 Å². The molecule has 11 heteroatoms. The molecule has 3 aromatic carbocycles. The maximum absolute atomic E-state index is 13.2. The molecule has 0 saturated carbocycles. The number of hydrogen-bond acceptors (Lipinski definition) is 6. The lowest BCUT2D eigenvalue weighted by molar-refractivity contribution is -0.132. The Bertz CT molecular complexity index is 1500. The minimum Gasteiger partial charge on any atom is -0.507 e. The molecule has 1 aliphatic heterocycles. The highest BCUT2D eigenvalue weighted by Gasteiger charge is 2.47. The van der Waals surface area contributed by atoms with Gasteiger partial charge in [0.25, 0.3) is 21.7 Å². The van der Waals surface area contributed by atoms with E-state index in [1.807, 2.05) is 4.72 Å². The predicted octanol–water partition coefficient (Wildman–Crippen LogP) is 4.55. The maximum Gasteiger partial charge on any atom is 0.300 e. The van der Waals surface area contributed by atoms with Crippen molar-refractivity contribution < 1.29 is 27.9 Å². The second-order valence-corrected chi connectivity index (χ2v) is 10.9. The van der Waals surface area contributed by atoms with Crippen LogP contribution in [0, 0.1) is 0 Å². The zero-order valence-corrected chi connectivity index (χ0v) is 21.8. The number of carbonyl (C=O) groups excluding carboxylic acids is 3. The lowest BCUT2D eigenvalue weighted by Crippen LogP contribution is -2.30. The fourth-order valence-electron chi connectivity index (χ4n) is 3.86. The van der Waals surface area contributed by atoms with Crippen molar-refractivity contribution in [2.24, 2.45) is 0 Å². The third-order valence-corrected chi connectivity index (χ3v) is 7.68. The Morgan fingerprint density at radius 1 is 0.972 bits per heavy atom. The molecule has 0 aliphatic carbocycles. The molecule has 1 atom stereocenters. The van der Waals surface area contributed by atoms with Crippen molar-refractivity contribution >= 4 is 66.6 Å². The van der Waals surface area contributed by atoms with E-state index in [-0.39, 0.29) is 21.9 Å². The van der Waals surface area contributed by atoms with Crippen molar-refractivity contribution in [3.8, 4) is 0 Å². The normalized spacial score (nSPS) is 17.3. The molecule has 3 aromatic rings. The van der Waals surface area contributed by atoms with Gasteiger partial charge in [-0.2, -0.15) is 0 Å². The lowest BCUT2D eigenvalue weighted by atomic mass is 9.95. The second-order valence-electron chi connectivity index (χ2n) is 7.88. The van der Waals surface area contributed by atoms with Crippen LogP contribution in [0.5, 0.6) is 0 Å². The number of nitrogens with one attached hydrogen (secondary N) is 1. The Balaban J connectivity index is 1.86. The van der Waals surface area contributed by atoms with E-state index in [0.717, 1.165) is 11.4 Å². The molecule has 0 spiro atoms. The van der Waals surface area contributed by atoms with Gasteiger partial charge in [-0.05, 0) is 54.1 Å². The monoisotopic (exact) mass is 588 g/mol. The molecule has 1 aliphatic rings. The largest absolute Gasteiger partial charge is 0.507 e. The van der Waals surface area contributed by atoms with Gasteiger partial charge in [-0.3, -0.25) is 19.3 Å². The third-order valence-electron chi connectivity index (χ3n) is 5.45. The van der Waals surface area contributed by atoms with Crippen LogP contribution in [0.4, 0.5) is 5.69 Å². The molecule has 2 amide bonds. The summed E-state index contributed by atoms with van der Waals surface area (Å²) in [5.74, 6) is -2.90. The summed E-state index contributed by atoms with van der Waals surface area (Å²) in [7, 11) is -4.10. The van der Waals surface area contributed by atoms with Gasteiger partial charge in [0.2, 0.25) is 5.91 Å². The van der Waals surface area contributed by atoms with Crippen LogP contribution in [0.15, 0.2) is 87.7 Å². The van der Waals surface area contributed by atoms with Crippen molar-refractivity contribution in [2.45, 2.75) is 17.9 Å². The fourth-order valence-corrected chi connectivity index (χ4v) is 5.24. The molecule has 4 rings (SSSR count). The van der Waals surface area contributed by atoms with Crippen LogP contribution in [0.1, 0.15) is 24.1 Å². The molecule has 36 heavy (non-hydrogen) atoms. The number of hydrogen-bond donors (Lipinski definition) is 2. The number of amides is 2. The molecule has 0 unspecified atom stereocenters. The number of aliphatic hydroxyl groups excluding tert-OH is 1. The number of benzene rings is 3. The standard InChI is InChI=1S/C25H18BrClN2O6S/c1-14(30)28-36(34,35)20-12-10-19(11-13-20)29-22(15-4-8-18(27)9-5-15)21(24(32)25(29)33)23(31)16-2-6-17(26)7-3-16/h2-13,22,31H,1H3,(H,28,30)/t22-/m1/s1. The van der Waals surface area contributed by atoms with Crippen molar-refractivity contribution in [1.29, 1.82) is 0 Å². The van der Waals surface area contributed by atoms with Gasteiger partial charge < -0.3 is 5.11 Å². The van der Waals surface area contributed by atoms with Crippen molar-refractivity contribution in [3.63, 3.8) is 0 Å². The van der Waals surface area contributed by atoms with Gasteiger partial charge in [-0.1, -0.05) is 51.8 Å². The Labute approximate surface area is 220 Å². The Kier molecular flexibility index (Phi) is 7.03. The van der Waals surface area contributed by atoms with E-state index in [1.54, 1.807) is 48.5 Å². The topological polar surface area (TPSA) is 121 Å². The first-order valence-corrected chi connectivity index (χ1v) is 13.1. The molecule has 1 heterocycles. The zero-order chi connectivity index (χ0) is 26.2. The average molecular weight is 590 g/mol. The summed E-state index contributed by atoms with van der Waals surface area (Å²) in [5.41, 5.74) is 0.937. The summed E-state index contributed by atoms with van der Waals surface area (Å²) in [6, 6.07) is 17.2. The first-order chi connectivity index (χ1) is 17.0. The minimum atomic E-state index is -4.10. The molecule has 0 bridgehead atoms. The number of ketones is 1. The van der Waals surface area contributed by atoms with E-state index >= 15 is 0 Å². The smallest absolute Gasteiger partial charge is 0.300 e. The van der Waals surface area contributed by atoms with E-state index in [1.165, 1.54) is 29.2 Å². The summed E-state index contributed by atoms with van der Waals surface area (Å²) < 4.78 is 27.3. The van der Waals surface area contributed by atoms with Gasteiger partial charge in [-0.15, -0.1) is 0 Å². The number of halogens is 2. The molecule has 0 radical (unpaired) electrons. The number of Topliss-reactive ketones (excluding diaryl/α,β-unsaturated/α-hetero) is 1. The number of rotatable bonds is 5. The summed E-state index contributed by atoms with van der Waals surface area (Å²) in [6.07, 6.45) is 0. The number of anilines is 1. The summed E-state index contributed by atoms with van der Waals surface area (Å²) in [4.78, 5) is 38.6. The van der Waals surface area contributed by atoms with E-state index in [9.17, 15) is 27.9 Å². The van der Waals surface area contributed by atoms with E-state index < -0.39 is 33.7 Å². The van der Waals surface area contributed by atoms with Gasteiger partial charge in [0, 0.05) is 27.7 Å². The zero-order valence-electron chi connectivity index (χ0n) is 18.6. The molecular weight excluding hydrogens is 572 g/mol. The summed E-state index contributed by atoms with van der Waals surface area (Å²) in [6.45, 7) is 1.07. The van der Waals surface area contributed by atoms with Crippen molar-refractivity contribution in [3.05, 3.63) is 99.0 Å². The van der Waals surface area contributed by atoms with Crippen LogP contribution in [-0.2, 0) is 24.4 Å². The minimum absolute atomic E-state index is 0.125. The molecule has 1 fully saturated rings. The van der Waals surface area contributed by atoms with Gasteiger partial charge >= 0.3 is 0 Å². The molecule has 184 valence electrons. The van der Waals surface area contributed by atoms with Gasteiger partial charge in [0.15, 0.2) is 0 Å². The van der Waals surface area contributed by atoms with Crippen LogP contribution in [0.25, 0.3) is 5.76 Å².